The fourth-order valence-electron chi connectivity index (χ4n) is 1.39. The molecular weight excluding hydrogens is 266 g/mol. The van der Waals surface area contributed by atoms with E-state index in [4.69, 9.17) is 14.2 Å². The van der Waals surface area contributed by atoms with E-state index in [9.17, 15) is 14.4 Å². The van der Waals surface area contributed by atoms with Crippen LogP contribution in [0.25, 0.3) is 0 Å². The molecule has 0 aliphatic carbocycles. The van der Waals surface area contributed by atoms with Gasteiger partial charge in [0.15, 0.2) is 5.57 Å². The van der Waals surface area contributed by atoms with Gasteiger partial charge in [0.05, 0.1) is 0 Å². The van der Waals surface area contributed by atoms with Gasteiger partial charge in [0, 0.05) is 20.0 Å². The predicted molar refractivity (Wildman–Crippen MR) is 68.2 cm³/mol. The van der Waals surface area contributed by atoms with Crippen LogP contribution in [0.4, 0.5) is 0 Å². The highest BCUT2D eigenvalue weighted by atomic mass is 16.7. The second kappa shape index (κ2) is 5.52. The fraction of sp³-hybridized carbons (Fsp3) is 0.615. The highest BCUT2D eigenvalue weighted by Crippen LogP contribution is 2.21. The summed E-state index contributed by atoms with van der Waals surface area (Å²) in [4.78, 5) is 34.6. The van der Waals surface area contributed by atoms with Gasteiger partial charge in [-0.2, -0.15) is 0 Å². The summed E-state index contributed by atoms with van der Waals surface area (Å²) in [6.45, 7) is 7.94. The molecule has 1 aliphatic rings. The lowest BCUT2D eigenvalue weighted by Crippen LogP contribution is -2.42. The molecule has 7 nitrogen and oxygen atoms in total. The minimum atomic E-state index is -1.28. The molecule has 1 N–H and O–H groups in total. The summed E-state index contributed by atoms with van der Waals surface area (Å²) in [5.41, 5.74) is -0.897. The summed E-state index contributed by atoms with van der Waals surface area (Å²) in [6, 6.07) is 0. The molecule has 0 radical (unpaired) electrons. The molecule has 0 aromatic rings. The molecule has 0 bridgehead atoms. The summed E-state index contributed by atoms with van der Waals surface area (Å²) < 4.78 is 14.8. The lowest BCUT2D eigenvalue weighted by atomic mass is 10.2. The molecular formula is C13H19NO6. The number of carbonyl (C=O) groups is 3. The molecule has 0 saturated carbocycles. The second-order valence-electron chi connectivity index (χ2n) is 5.70. The SMILES string of the molecule is CC(C)(C)OC(=O)CNC=C1C(=O)OC(C)(C)OC1=O. The van der Waals surface area contributed by atoms with Crippen LogP contribution in [0.5, 0.6) is 0 Å². The van der Waals surface area contributed by atoms with Crippen LogP contribution in [0.2, 0.25) is 0 Å². The minimum Gasteiger partial charge on any atom is -0.459 e. The van der Waals surface area contributed by atoms with Crippen LogP contribution in [0.3, 0.4) is 0 Å². The number of esters is 3. The van der Waals surface area contributed by atoms with Crippen LogP contribution in [0.15, 0.2) is 11.8 Å². The van der Waals surface area contributed by atoms with Crippen molar-refractivity contribution < 1.29 is 28.6 Å². The molecule has 1 rings (SSSR count). The molecule has 0 spiro atoms. The molecule has 20 heavy (non-hydrogen) atoms. The Morgan fingerprint density at radius 1 is 1.25 bits per heavy atom. The topological polar surface area (TPSA) is 90.9 Å². The lowest BCUT2D eigenvalue weighted by molar-refractivity contribution is -0.222. The van der Waals surface area contributed by atoms with E-state index in [0.29, 0.717) is 0 Å². The molecule has 0 amide bonds. The molecule has 1 heterocycles. The minimum absolute atomic E-state index is 0.176. The number of ether oxygens (including phenoxy) is 3. The second-order valence-corrected chi connectivity index (χ2v) is 5.70. The zero-order valence-electron chi connectivity index (χ0n) is 12.2. The van der Waals surface area contributed by atoms with Crippen LogP contribution < -0.4 is 5.32 Å². The average Bonchev–Trinajstić information content (AvgIpc) is 2.17. The Kier molecular flexibility index (Phi) is 4.42. The van der Waals surface area contributed by atoms with E-state index < -0.39 is 29.3 Å². The van der Waals surface area contributed by atoms with Gasteiger partial charge in [-0.3, -0.25) is 4.79 Å². The van der Waals surface area contributed by atoms with Crippen molar-refractivity contribution in [2.45, 2.75) is 46.0 Å². The third-order valence-electron chi connectivity index (χ3n) is 2.03. The van der Waals surface area contributed by atoms with E-state index in [1.54, 1.807) is 20.8 Å². The fourth-order valence-corrected chi connectivity index (χ4v) is 1.39. The van der Waals surface area contributed by atoms with Crippen LogP contribution in [0, 0.1) is 0 Å². The zero-order chi connectivity index (χ0) is 15.6. The maximum atomic E-state index is 11.6. The highest BCUT2D eigenvalue weighted by Gasteiger charge is 2.38. The van der Waals surface area contributed by atoms with E-state index in [1.165, 1.54) is 13.8 Å². The Morgan fingerprint density at radius 2 is 1.75 bits per heavy atom. The third-order valence-corrected chi connectivity index (χ3v) is 2.03. The first kappa shape index (κ1) is 16.0. The molecule has 0 aromatic heterocycles. The standard InChI is InChI=1S/C13H19NO6/c1-12(2,3)18-9(15)7-14-6-8-10(16)19-13(4,5)20-11(8)17/h6,14H,7H2,1-5H3. The third kappa shape index (κ3) is 4.91. The molecule has 1 fully saturated rings. The van der Waals surface area contributed by atoms with E-state index in [-0.39, 0.29) is 12.1 Å². The van der Waals surface area contributed by atoms with Crippen molar-refractivity contribution in [2.24, 2.45) is 0 Å². The van der Waals surface area contributed by atoms with Crippen molar-refractivity contribution in [2.75, 3.05) is 6.54 Å². The maximum Gasteiger partial charge on any atom is 0.350 e. The van der Waals surface area contributed by atoms with Gasteiger partial charge in [-0.15, -0.1) is 0 Å². The van der Waals surface area contributed by atoms with Crippen molar-refractivity contribution in [3.8, 4) is 0 Å². The van der Waals surface area contributed by atoms with Gasteiger partial charge >= 0.3 is 17.9 Å². The van der Waals surface area contributed by atoms with Gasteiger partial charge in [0.25, 0.3) is 5.79 Å². The molecule has 0 atom stereocenters. The van der Waals surface area contributed by atoms with Crippen LogP contribution in [0.1, 0.15) is 34.6 Å². The molecule has 0 aromatic carbocycles. The maximum absolute atomic E-state index is 11.6. The average molecular weight is 285 g/mol. The van der Waals surface area contributed by atoms with Crippen LogP contribution in [-0.4, -0.2) is 35.8 Å². The Morgan fingerprint density at radius 3 is 2.20 bits per heavy atom. The molecule has 1 aliphatic heterocycles. The van der Waals surface area contributed by atoms with Gasteiger partial charge in [0.2, 0.25) is 0 Å². The normalized spacial score (nSPS) is 17.9. The summed E-state index contributed by atoms with van der Waals surface area (Å²) in [6.07, 6.45) is 1.09. The summed E-state index contributed by atoms with van der Waals surface area (Å²) in [5.74, 6) is -3.39. The molecule has 112 valence electrons. The van der Waals surface area contributed by atoms with Crippen LogP contribution >= 0.6 is 0 Å². The van der Waals surface area contributed by atoms with E-state index in [1.807, 2.05) is 0 Å². The van der Waals surface area contributed by atoms with Gasteiger partial charge < -0.3 is 19.5 Å². The van der Waals surface area contributed by atoms with Crippen molar-refractivity contribution in [1.82, 2.24) is 5.32 Å². The number of nitrogens with one attached hydrogen (secondary N) is 1. The number of cyclic esters (lactones) is 2. The quantitative estimate of drug-likeness (QED) is 0.462. The summed E-state index contributed by atoms with van der Waals surface area (Å²) in [5, 5.41) is 2.53. The monoisotopic (exact) mass is 285 g/mol. The predicted octanol–water partition coefficient (Wildman–Crippen LogP) is 0.638. The largest absolute Gasteiger partial charge is 0.459 e. The Balaban J connectivity index is 2.57. The number of hydrogen-bond donors (Lipinski definition) is 1. The van der Waals surface area contributed by atoms with Crippen molar-refractivity contribution in [1.29, 1.82) is 0 Å². The van der Waals surface area contributed by atoms with E-state index >= 15 is 0 Å². The first-order chi connectivity index (χ1) is 9.00. The first-order valence-corrected chi connectivity index (χ1v) is 6.12. The smallest absolute Gasteiger partial charge is 0.350 e. The lowest BCUT2D eigenvalue weighted by Gasteiger charge is -2.29. The molecule has 1 saturated heterocycles. The van der Waals surface area contributed by atoms with Gasteiger partial charge in [-0.05, 0) is 20.8 Å². The van der Waals surface area contributed by atoms with Gasteiger partial charge in [0.1, 0.15) is 12.1 Å². The summed E-state index contributed by atoms with van der Waals surface area (Å²) in [7, 11) is 0. The Hall–Kier alpha value is -2.05. The number of carbonyl (C=O) groups excluding carboxylic acids is 3. The Bertz CT molecular complexity index is 436. The Labute approximate surface area is 117 Å². The number of rotatable bonds is 3. The highest BCUT2D eigenvalue weighted by molar-refractivity contribution is 6.15. The van der Waals surface area contributed by atoms with Crippen molar-refractivity contribution in [3.63, 3.8) is 0 Å². The van der Waals surface area contributed by atoms with Crippen molar-refractivity contribution >= 4 is 17.9 Å². The van der Waals surface area contributed by atoms with Gasteiger partial charge in [-0.25, -0.2) is 9.59 Å². The zero-order valence-corrected chi connectivity index (χ0v) is 12.2. The molecule has 7 heteroatoms. The van der Waals surface area contributed by atoms with Gasteiger partial charge in [-0.1, -0.05) is 0 Å². The molecule has 0 unspecified atom stereocenters. The summed E-state index contributed by atoms with van der Waals surface area (Å²) >= 11 is 0. The number of hydrogen-bond acceptors (Lipinski definition) is 7. The van der Waals surface area contributed by atoms with E-state index in [2.05, 4.69) is 5.32 Å². The van der Waals surface area contributed by atoms with Crippen LogP contribution in [-0.2, 0) is 28.6 Å². The first-order valence-electron chi connectivity index (χ1n) is 6.12. The van der Waals surface area contributed by atoms with Crippen molar-refractivity contribution in [3.05, 3.63) is 11.8 Å². The van der Waals surface area contributed by atoms with E-state index in [0.717, 1.165) is 6.20 Å².